The summed E-state index contributed by atoms with van der Waals surface area (Å²) in [5, 5.41) is 6.14. The monoisotopic (exact) mass is 274 g/mol. The number of aromatic amines is 1. The first-order valence-corrected chi connectivity index (χ1v) is 6.83. The Morgan fingerprint density at radius 1 is 1.45 bits per heavy atom. The predicted octanol–water partition coefficient (Wildman–Crippen LogP) is 0.558. The van der Waals surface area contributed by atoms with Gasteiger partial charge >= 0.3 is 0 Å². The van der Waals surface area contributed by atoms with Crippen molar-refractivity contribution in [3.63, 3.8) is 0 Å². The lowest BCUT2D eigenvalue weighted by Gasteiger charge is -2.23. The molecule has 2 aromatic rings. The van der Waals surface area contributed by atoms with Crippen LogP contribution < -0.4 is 10.6 Å². The third-order valence-electron chi connectivity index (χ3n) is 3.32. The van der Waals surface area contributed by atoms with Crippen molar-refractivity contribution >= 4 is 16.9 Å². The quantitative estimate of drug-likeness (QED) is 0.761. The highest BCUT2D eigenvalue weighted by Gasteiger charge is 2.16. The molecule has 6 heteroatoms. The van der Waals surface area contributed by atoms with Crippen LogP contribution >= 0.6 is 0 Å². The third-order valence-corrected chi connectivity index (χ3v) is 3.32. The molecule has 0 saturated carbocycles. The molecule has 20 heavy (non-hydrogen) atoms. The van der Waals surface area contributed by atoms with E-state index in [1.807, 2.05) is 24.3 Å². The fraction of sp³-hybridized carbons (Fsp3) is 0.429. The summed E-state index contributed by atoms with van der Waals surface area (Å²) in [6.45, 7) is 2.54. The molecule has 1 aliphatic rings. The summed E-state index contributed by atoms with van der Waals surface area (Å²) in [5.41, 5.74) is 1.90. The number of rotatable bonds is 4. The number of amides is 1. The Hall–Kier alpha value is -1.92. The van der Waals surface area contributed by atoms with Gasteiger partial charge in [-0.15, -0.1) is 0 Å². The minimum atomic E-state index is 0.00783. The zero-order chi connectivity index (χ0) is 13.8. The number of ether oxygens (including phenoxy) is 1. The molecule has 0 aliphatic carbocycles. The van der Waals surface area contributed by atoms with Gasteiger partial charge in [0.1, 0.15) is 5.82 Å². The van der Waals surface area contributed by atoms with Crippen LogP contribution in [0.25, 0.3) is 11.0 Å². The average Bonchev–Trinajstić information content (AvgIpc) is 2.89. The van der Waals surface area contributed by atoms with Crippen LogP contribution in [0.15, 0.2) is 24.3 Å². The van der Waals surface area contributed by atoms with E-state index in [-0.39, 0.29) is 11.9 Å². The second kappa shape index (κ2) is 6.02. The molecule has 6 nitrogen and oxygen atoms in total. The molecule has 0 bridgehead atoms. The molecule has 106 valence electrons. The number of carbonyl (C=O) groups excluding carboxylic acids is 1. The van der Waals surface area contributed by atoms with E-state index in [4.69, 9.17) is 4.74 Å². The van der Waals surface area contributed by atoms with Gasteiger partial charge in [-0.2, -0.15) is 0 Å². The minimum absolute atomic E-state index is 0.00783. The highest BCUT2D eigenvalue weighted by atomic mass is 16.5. The molecule has 1 saturated heterocycles. The lowest BCUT2D eigenvalue weighted by atomic mass is 10.2. The molecule has 0 radical (unpaired) electrons. The molecule has 1 unspecified atom stereocenters. The summed E-state index contributed by atoms with van der Waals surface area (Å²) >= 11 is 0. The topological polar surface area (TPSA) is 79.0 Å². The van der Waals surface area contributed by atoms with E-state index < -0.39 is 0 Å². The second-order valence-electron chi connectivity index (χ2n) is 4.91. The number of morpholine rings is 1. The van der Waals surface area contributed by atoms with Crippen LogP contribution in [0.3, 0.4) is 0 Å². The van der Waals surface area contributed by atoms with Crippen LogP contribution in [-0.2, 0) is 16.1 Å². The molecular weight excluding hydrogens is 256 g/mol. The molecule has 1 amide bonds. The van der Waals surface area contributed by atoms with Gasteiger partial charge in [0.2, 0.25) is 5.91 Å². The molecule has 2 heterocycles. The highest BCUT2D eigenvalue weighted by Crippen LogP contribution is 2.10. The number of fused-ring (bicyclic) bond motifs is 1. The smallest absolute Gasteiger partial charge is 0.222 e. The number of hydrogen-bond acceptors (Lipinski definition) is 4. The van der Waals surface area contributed by atoms with Gasteiger partial charge in [0.25, 0.3) is 0 Å². The maximum absolute atomic E-state index is 11.9. The average molecular weight is 274 g/mol. The number of nitrogens with zero attached hydrogens (tertiary/aromatic N) is 1. The Kier molecular flexibility index (Phi) is 3.94. The van der Waals surface area contributed by atoms with E-state index in [9.17, 15) is 4.79 Å². The van der Waals surface area contributed by atoms with E-state index in [0.717, 1.165) is 30.0 Å². The summed E-state index contributed by atoms with van der Waals surface area (Å²) in [7, 11) is 0. The van der Waals surface area contributed by atoms with Crippen molar-refractivity contribution in [1.29, 1.82) is 0 Å². The molecule has 0 spiro atoms. The summed E-state index contributed by atoms with van der Waals surface area (Å²) in [6.07, 6.45) is 0.431. The predicted molar refractivity (Wildman–Crippen MR) is 75.2 cm³/mol. The Morgan fingerprint density at radius 2 is 2.35 bits per heavy atom. The minimum Gasteiger partial charge on any atom is -0.378 e. The van der Waals surface area contributed by atoms with Gasteiger partial charge in [0.15, 0.2) is 0 Å². The van der Waals surface area contributed by atoms with Crippen LogP contribution in [0.4, 0.5) is 0 Å². The number of carbonyl (C=O) groups is 1. The molecule has 1 aromatic heterocycles. The number of para-hydroxylation sites is 2. The first-order chi connectivity index (χ1) is 9.81. The largest absolute Gasteiger partial charge is 0.378 e. The van der Waals surface area contributed by atoms with E-state index in [2.05, 4.69) is 20.6 Å². The Bertz CT molecular complexity index is 557. The summed E-state index contributed by atoms with van der Waals surface area (Å²) in [4.78, 5) is 19.5. The van der Waals surface area contributed by atoms with Gasteiger partial charge < -0.3 is 20.4 Å². The lowest BCUT2D eigenvalue weighted by molar-refractivity contribution is -0.122. The fourth-order valence-electron chi connectivity index (χ4n) is 2.32. The van der Waals surface area contributed by atoms with Gasteiger partial charge in [0, 0.05) is 19.0 Å². The summed E-state index contributed by atoms with van der Waals surface area (Å²) < 4.78 is 5.32. The van der Waals surface area contributed by atoms with E-state index >= 15 is 0 Å². The van der Waals surface area contributed by atoms with Crippen LogP contribution in [-0.4, -0.2) is 41.7 Å². The van der Waals surface area contributed by atoms with Crippen molar-refractivity contribution < 1.29 is 9.53 Å². The Labute approximate surface area is 116 Å². The van der Waals surface area contributed by atoms with Crippen molar-refractivity contribution in [1.82, 2.24) is 20.6 Å². The van der Waals surface area contributed by atoms with Crippen molar-refractivity contribution in [2.24, 2.45) is 0 Å². The lowest BCUT2D eigenvalue weighted by Crippen LogP contribution is -2.44. The maximum atomic E-state index is 11.9. The number of nitrogens with one attached hydrogen (secondary N) is 3. The molecule has 1 aliphatic heterocycles. The first-order valence-electron chi connectivity index (χ1n) is 6.83. The van der Waals surface area contributed by atoms with E-state index in [0.29, 0.717) is 19.6 Å². The Balaban J connectivity index is 1.51. The van der Waals surface area contributed by atoms with Gasteiger partial charge in [-0.05, 0) is 12.1 Å². The SMILES string of the molecule is O=C(CC1COCCN1)NCc1nc2ccccc2[nH]1. The van der Waals surface area contributed by atoms with Crippen LogP contribution in [0.1, 0.15) is 12.2 Å². The maximum Gasteiger partial charge on any atom is 0.222 e. The zero-order valence-corrected chi connectivity index (χ0v) is 11.2. The summed E-state index contributed by atoms with van der Waals surface area (Å²) in [5.74, 6) is 0.779. The molecule has 3 N–H and O–H groups in total. The van der Waals surface area contributed by atoms with Crippen LogP contribution in [0, 0.1) is 0 Å². The molecule has 3 rings (SSSR count). The standard InChI is InChI=1S/C14H18N4O2/c19-14(7-10-9-20-6-5-15-10)16-8-13-17-11-3-1-2-4-12(11)18-13/h1-4,10,15H,5-9H2,(H,16,19)(H,17,18). The fourth-order valence-corrected chi connectivity index (χ4v) is 2.32. The van der Waals surface area contributed by atoms with E-state index in [1.165, 1.54) is 0 Å². The Morgan fingerprint density at radius 3 is 3.15 bits per heavy atom. The molecule has 1 fully saturated rings. The highest BCUT2D eigenvalue weighted by molar-refractivity contribution is 5.77. The zero-order valence-electron chi connectivity index (χ0n) is 11.2. The van der Waals surface area contributed by atoms with Gasteiger partial charge in [-0.1, -0.05) is 12.1 Å². The number of aromatic nitrogens is 2. The van der Waals surface area contributed by atoms with Crippen molar-refractivity contribution in [2.45, 2.75) is 19.0 Å². The molecule has 1 atom stereocenters. The second-order valence-corrected chi connectivity index (χ2v) is 4.91. The molecule has 1 aromatic carbocycles. The number of H-pyrrole nitrogens is 1. The van der Waals surface area contributed by atoms with Gasteiger partial charge in [-0.25, -0.2) is 4.98 Å². The number of imidazole rings is 1. The number of hydrogen-bond donors (Lipinski definition) is 3. The third kappa shape index (κ3) is 3.15. The van der Waals surface area contributed by atoms with E-state index in [1.54, 1.807) is 0 Å². The van der Waals surface area contributed by atoms with Crippen LogP contribution in [0.2, 0.25) is 0 Å². The number of benzene rings is 1. The van der Waals surface area contributed by atoms with Gasteiger partial charge in [-0.3, -0.25) is 4.79 Å². The van der Waals surface area contributed by atoms with Crippen molar-refractivity contribution in [2.75, 3.05) is 19.8 Å². The molecular formula is C14H18N4O2. The normalized spacial score (nSPS) is 19.1. The first kappa shape index (κ1) is 13.1. The van der Waals surface area contributed by atoms with Gasteiger partial charge in [0.05, 0.1) is 30.8 Å². The summed E-state index contributed by atoms with van der Waals surface area (Å²) in [6, 6.07) is 7.93. The van der Waals surface area contributed by atoms with Crippen molar-refractivity contribution in [3.8, 4) is 0 Å². The van der Waals surface area contributed by atoms with Crippen LogP contribution in [0.5, 0.6) is 0 Å². The van der Waals surface area contributed by atoms with Crippen molar-refractivity contribution in [3.05, 3.63) is 30.1 Å².